The molecule has 0 unspecified atom stereocenters. The monoisotopic (exact) mass is 426 g/mol. The van der Waals surface area contributed by atoms with Crippen molar-refractivity contribution in [1.29, 1.82) is 0 Å². The van der Waals surface area contributed by atoms with E-state index in [1.165, 1.54) is 4.90 Å². The standard InChI is InChI=1S/C23H42N2O5/c1-6-24-18-19(26)25(21(24)29)15-11-13-22(2,3)12-7-9-16-30-17-10-8-14-23(4,5)20(27)28/h6-18H2,1-5H3,(H,27,28). The lowest BCUT2D eigenvalue weighted by Gasteiger charge is -2.25. The van der Waals surface area contributed by atoms with E-state index in [1.54, 1.807) is 18.7 Å². The van der Waals surface area contributed by atoms with Gasteiger partial charge in [-0.15, -0.1) is 0 Å². The first-order chi connectivity index (χ1) is 14.0. The summed E-state index contributed by atoms with van der Waals surface area (Å²) in [5, 5.41) is 9.09. The van der Waals surface area contributed by atoms with Gasteiger partial charge in [0.25, 0.3) is 0 Å². The van der Waals surface area contributed by atoms with Crippen LogP contribution in [0.3, 0.4) is 0 Å². The molecule has 1 aliphatic rings. The second-order valence-corrected chi connectivity index (χ2v) is 9.83. The number of urea groups is 1. The molecule has 7 heteroatoms. The summed E-state index contributed by atoms with van der Waals surface area (Å²) in [6.45, 7) is 12.6. The van der Waals surface area contributed by atoms with Crippen LogP contribution in [0.5, 0.6) is 0 Å². The number of aliphatic carboxylic acids is 1. The topological polar surface area (TPSA) is 87.2 Å². The van der Waals surface area contributed by atoms with Crippen LogP contribution >= 0.6 is 0 Å². The number of nitrogens with zero attached hydrogens (tertiary/aromatic N) is 2. The van der Waals surface area contributed by atoms with E-state index in [0.29, 0.717) is 26.1 Å². The molecule has 0 spiro atoms. The van der Waals surface area contributed by atoms with Gasteiger partial charge in [-0.2, -0.15) is 0 Å². The molecule has 1 rings (SSSR count). The van der Waals surface area contributed by atoms with Crippen molar-refractivity contribution < 1.29 is 24.2 Å². The van der Waals surface area contributed by atoms with Gasteiger partial charge >= 0.3 is 12.0 Å². The quantitative estimate of drug-likeness (QED) is 0.289. The van der Waals surface area contributed by atoms with E-state index in [0.717, 1.165) is 51.6 Å². The molecule has 1 fully saturated rings. The van der Waals surface area contributed by atoms with Crippen molar-refractivity contribution in [3.63, 3.8) is 0 Å². The van der Waals surface area contributed by atoms with Crippen LogP contribution < -0.4 is 0 Å². The van der Waals surface area contributed by atoms with Crippen molar-refractivity contribution in [1.82, 2.24) is 9.80 Å². The largest absolute Gasteiger partial charge is 0.481 e. The number of likely N-dealkylation sites (N-methyl/N-ethyl adjacent to an activating group) is 1. The highest BCUT2D eigenvalue weighted by atomic mass is 16.5. The average molecular weight is 427 g/mol. The number of imide groups is 1. The van der Waals surface area contributed by atoms with Crippen molar-refractivity contribution >= 4 is 17.9 Å². The zero-order valence-electron chi connectivity index (χ0n) is 19.7. The summed E-state index contributed by atoms with van der Waals surface area (Å²) in [5.74, 6) is -0.823. The Labute approximate surface area is 182 Å². The summed E-state index contributed by atoms with van der Waals surface area (Å²) in [5.41, 5.74) is -0.477. The fourth-order valence-electron chi connectivity index (χ4n) is 3.69. The molecule has 1 heterocycles. The zero-order valence-corrected chi connectivity index (χ0v) is 19.7. The molecule has 0 aromatic heterocycles. The Balaban J connectivity index is 2.08. The van der Waals surface area contributed by atoms with Crippen LogP contribution in [0.25, 0.3) is 0 Å². The molecular formula is C23H42N2O5. The maximum absolute atomic E-state index is 12.1. The van der Waals surface area contributed by atoms with Crippen LogP contribution in [0.1, 0.15) is 86.0 Å². The fourth-order valence-corrected chi connectivity index (χ4v) is 3.69. The maximum atomic E-state index is 12.1. The van der Waals surface area contributed by atoms with Crippen LogP contribution in [0, 0.1) is 10.8 Å². The Morgan fingerprint density at radius 2 is 1.53 bits per heavy atom. The highest BCUT2D eigenvalue weighted by molar-refractivity contribution is 6.01. The summed E-state index contributed by atoms with van der Waals surface area (Å²) < 4.78 is 5.68. The number of ether oxygens (including phenoxy) is 1. The van der Waals surface area contributed by atoms with Crippen LogP contribution in [-0.4, -0.2) is 65.7 Å². The van der Waals surface area contributed by atoms with E-state index in [4.69, 9.17) is 9.84 Å². The predicted molar refractivity (Wildman–Crippen MR) is 117 cm³/mol. The molecular weight excluding hydrogens is 384 g/mol. The molecule has 30 heavy (non-hydrogen) atoms. The molecule has 1 N–H and O–H groups in total. The predicted octanol–water partition coefficient (Wildman–Crippen LogP) is 4.54. The van der Waals surface area contributed by atoms with Gasteiger partial charge < -0.3 is 14.7 Å². The van der Waals surface area contributed by atoms with Gasteiger partial charge in [-0.1, -0.05) is 26.7 Å². The lowest BCUT2D eigenvalue weighted by molar-refractivity contribution is -0.147. The first-order valence-electron chi connectivity index (χ1n) is 11.4. The number of hydrogen-bond donors (Lipinski definition) is 1. The third kappa shape index (κ3) is 9.02. The Morgan fingerprint density at radius 1 is 0.967 bits per heavy atom. The van der Waals surface area contributed by atoms with E-state index >= 15 is 0 Å². The third-order valence-electron chi connectivity index (χ3n) is 6.06. The number of rotatable bonds is 16. The third-order valence-corrected chi connectivity index (χ3v) is 6.06. The lowest BCUT2D eigenvalue weighted by atomic mass is 9.82. The van der Waals surface area contributed by atoms with Crippen molar-refractivity contribution in [3.05, 3.63) is 0 Å². The Hall–Kier alpha value is -1.63. The molecule has 0 aromatic rings. The van der Waals surface area contributed by atoms with Crippen molar-refractivity contribution in [3.8, 4) is 0 Å². The molecule has 3 amide bonds. The Kier molecular flexibility index (Phi) is 10.8. The fraction of sp³-hybridized carbons (Fsp3) is 0.870. The van der Waals surface area contributed by atoms with Gasteiger partial charge in [-0.05, 0) is 64.7 Å². The number of amides is 3. The summed E-state index contributed by atoms with van der Waals surface area (Å²) in [6.07, 6.45) is 7.44. The molecule has 0 saturated carbocycles. The number of hydrogen-bond acceptors (Lipinski definition) is 4. The molecule has 0 atom stereocenters. The second kappa shape index (κ2) is 12.3. The van der Waals surface area contributed by atoms with E-state index in [1.807, 2.05) is 6.92 Å². The SMILES string of the molecule is CCN1CC(=O)N(CCCC(C)(C)CCCCOCCCCC(C)(C)C(=O)O)C1=O. The van der Waals surface area contributed by atoms with Crippen LogP contribution in [0.15, 0.2) is 0 Å². The van der Waals surface area contributed by atoms with Gasteiger partial charge in [-0.25, -0.2) is 4.79 Å². The zero-order chi connectivity index (χ0) is 22.8. The minimum Gasteiger partial charge on any atom is -0.481 e. The van der Waals surface area contributed by atoms with Crippen LogP contribution in [0.4, 0.5) is 4.79 Å². The molecule has 0 radical (unpaired) electrons. The average Bonchev–Trinajstić information content (AvgIpc) is 2.93. The van der Waals surface area contributed by atoms with Crippen LogP contribution in [-0.2, 0) is 14.3 Å². The summed E-state index contributed by atoms with van der Waals surface area (Å²) in [4.78, 5) is 38.1. The number of carboxylic acid groups (broad SMARTS) is 1. The highest BCUT2D eigenvalue weighted by Crippen LogP contribution is 2.29. The lowest BCUT2D eigenvalue weighted by Crippen LogP contribution is -2.34. The molecule has 1 saturated heterocycles. The maximum Gasteiger partial charge on any atom is 0.327 e. The molecule has 7 nitrogen and oxygen atoms in total. The van der Waals surface area contributed by atoms with E-state index in [2.05, 4.69) is 13.8 Å². The van der Waals surface area contributed by atoms with E-state index in [9.17, 15) is 14.4 Å². The molecule has 174 valence electrons. The molecule has 1 aliphatic heterocycles. The van der Waals surface area contributed by atoms with Gasteiger partial charge in [0.1, 0.15) is 6.54 Å². The molecule has 0 aromatic carbocycles. The summed E-state index contributed by atoms with van der Waals surface area (Å²) >= 11 is 0. The van der Waals surface area contributed by atoms with Gasteiger partial charge in [0.2, 0.25) is 5.91 Å². The van der Waals surface area contributed by atoms with Gasteiger partial charge in [0.15, 0.2) is 0 Å². The van der Waals surface area contributed by atoms with Crippen LogP contribution in [0.2, 0.25) is 0 Å². The number of carbonyl (C=O) groups excluding carboxylic acids is 2. The number of carboxylic acids is 1. The van der Waals surface area contributed by atoms with Crippen molar-refractivity contribution in [2.75, 3.05) is 32.8 Å². The first kappa shape index (κ1) is 26.4. The molecule has 0 bridgehead atoms. The Morgan fingerprint density at radius 3 is 2.07 bits per heavy atom. The summed E-state index contributed by atoms with van der Waals surface area (Å²) in [7, 11) is 0. The van der Waals surface area contributed by atoms with Crippen molar-refractivity contribution in [2.24, 2.45) is 10.8 Å². The number of carbonyl (C=O) groups is 3. The van der Waals surface area contributed by atoms with Gasteiger partial charge in [0.05, 0.1) is 5.41 Å². The number of unbranched alkanes of at least 4 members (excludes halogenated alkanes) is 2. The van der Waals surface area contributed by atoms with Gasteiger partial charge in [0, 0.05) is 26.3 Å². The van der Waals surface area contributed by atoms with E-state index in [-0.39, 0.29) is 23.9 Å². The first-order valence-corrected chi connectivity index (χ1v) is 11.4. The minimum atomic E-state index is -0.743. The van der Waals surface area contributed by atoms with E-state index < -0.39 is 11.4 Å². The Bertz CT molecular complexity index is 574. The van der Waals surface area contributed by atoms with Crippen molar-refractivity contribution in [2.45, 2.75) is 86.0 Å². The minimum absolute atomic E-state index is 0.0803. The molecule has 0 aliphatic carbocycles. The summed E-state index contributed by atoms with van der Waals surface area (Å²) in [6, 6.07) is -0.149. The smallest absolute Gasteiger partial charge is 0.327 e. The van der Waals surface area contributed by atoms with Gasteiger partial charge in [-0.3, -0.25) is 14.5 Å². The normalized spacial score (nSPS) is 15.4. The highest BCUT2D eigenvalue weighted by Gasteiger charge is 2.34. The second-order valence-electron chi connectivity index (χ2n) is 9.83.